The van der Waals surface area contributed by atoms with Gasteiger partial charge in [0.2, 0.25) is 5.91 Å². The number of carbonyl (C=O) groups is 4. The summed E-state index contributed by atoms with van der Waals surface area (Å²) < 4.78 is 10.9. The molecular formula is C33H43NO6. The summed E-state index contributed by atoms with van der Waals surface area (Å²) in [5, 5.41) is 2.73. The van der Waals surface area contributed by atoms with Crippen molar-refractivity contribution >= 4 is 23.6 Å². The fourth-order valence-corrected chi connectivity index (χ4v) is 8.59. The number of amides is 1. The maximum Gasteiger partial charge on any atom is 0.328 e. The van der Waals surface area contributed by atoms with Gasteiger partial charge in [0.1, 0.15) is 12.1 Å². The number of methoxy groups -OCH3 is 1. The number of esters is 2. The summed E-state index contributed by atoms with van der Waals surface area (Å²) >= 11 is 0. The van der Waals surface area contributed by atoms with Gasteiger partial charge in [-0.3, -0.25) is 14.4 Å². The first-order valence-electron chi connectivity index (χ1n) is 15.0. The number of hydrogen-bond donors (Lipinski definition) is 1. The van der Waals surface area contributed by atoms with Gasteiger partial charge in [0.15, 0.2) is 5.78 Å². The van der Waals surface area contributed by atoms with Crippen LogP contribution in [0.5, 0.6) is 0 Å². The summed E-state index contributed by atoms with van der Waals surface area (Å²) in [6, 6.07) is 8.62. The van der Waals surface area contributed by atoms with Gasteiger partial charge in [0, 0.05) is 24.7 Å². The average Bonchev–Trinajstić information content (AvgIpc) is 3.27. The Balaban J connectivity index is 1.15. The Morgan fingerprint density at radius 1 is 0.975 bits per heavy atom. The first-order valence-corrected chi connectivity index (χ1v) is 15.0. The number of benzene rings is 1. The van der Waals surface area contributed by atoms with E-state index in [1.54, 1.807) is 0 Å². The van der Waals surface area contributed by atoms with Gasteiger partial charge in [-0.1, -0.05) is 49.8 Å². The highest BCUT2D eigenvalue weighted by molar-refractivity contribution is 5.91. The Bertz CT molecular complexity index is 1180. The van der Waals surface area contributed by atoms with Gasteiger partial charge in [-0.05, 0) is 79.8 Å². The van der Waals surface area contributed by atoms with E-state index in [1.807, 2.05) is 36.4 Å². The Labute approximate surface area is 237 Å². The molecule has 4 aliphatic carbocycles. The fourth-order valence-electron chi connectivity index (χ4n) is 8.59. The molecule has 1 N–H and O–H groups in total. The van der Waals surface area contributed by atoms with Gasteiger partial charge in [-0.15, -0.1) is 0 Å². The molecule has 1 aromatic carbocycles. The standard InChI is InChI=1S/C33H43NO6/c1-32-17-15-23(35)20-22(32)9-10-24-25-11-12-28(33(25,2)18-16-26(24)32)40-30(37)14-13-29(36)34-27(31(38)39-3)19-21-7-5-4-6-8-21/h4-8,20,24-28H,9-19H2,1-3H3,(H,34,36)/t24-,25-,26+,27-,28-,32-,33-/m0/s1. The van der Waals surface area contributed by atoms with E-state index in [0.29, 0.717) is 30.6 Å². The minimum Gasteiger partial charge on any atom is -0.467 e. The molecule has 0 aromatic heterocycles. The van der Waals surface area contributed by atoms with Gasteiger partial charge in [0.25, 0.3) is 0 Å². The van der Waals surface area contributed by atoms with Crippen LogP contribution in [0.4, 0.5) is 0 Å². The molecule has 3 saturated carbocycles. The maximum absolute atomic E-state index is 12.9. The first-order chi connectivity index (χ1) is 19.1. The molecule has 1 aromatic rings. The third-order valence-corrected chi connectivity index (χ3v) is 10.8. The largest absolute Gasteiger partial charge is 0.467 e. The highest BCUT2D eigenvalue weighted by Crippen LogP contribution is 2.65. The minimum atomic E-state index is -0.810. The molecule has 0 saturated heterocycles. The Morgan fingerprint density at radius 3 is 2.50 bits per heavy atom. The number of rotatable bonds is 8. The summed E-state index contributed by atoms with van der Waals surface area (Å²) in [6.07, 6.45) is 9.87. The lowest BCUT2D eigenvalue weighted by atomic mass is 9.47. The number of carbonyl (C=O) groups excluding carboxylic acids is 4. The lowest BCUT2D eigenvalue weighted by molar-refractivity contribution is -0.160. The predicted molar refractivity (Wildman–Crippen MR) is 150 cm³/mol. The number of allylic oxidation sites excluding steroid dienone is 1. The highest BCUT2D eigenvalue weighted by atomic mass is 16.5. The number of hydrogen-bond acceptors (Lipinski definition) is 6. The molecule has 7 nitrogen and oxygen atoms in total. The van der Waals surface area contributed by atoms with Gasteiger partial charge in [-0.2, -0.15) is 0 Å². The number of fused-ring (bicyclic) bond motifs is 5. The van der Waals surface area contributed by atoms with Crippen LogP contribution in [0.1, 0.15) is 83.6 Å². The van der Waals surface area contributed by atoms with Gasteiger partial charge in [0.05, 0.1) is 13.5 Å². The van der Waals surface area contributed by atoms with Crippen molar-refractivity contribution in [3.8, 4) is 0 Å². The monoisotopic (exact) mass is 549 g/mol. The molecule has 40 heavy (non-hydrogen) atoms. The Hall–Kier alpha value is -2.96. The van der Waals surface area contributed by atoms with E-state index in [2.05, 4.69) is 19.2 Å². The molecule has 0 radical (unpaired) electrons. The van der Waals surface area contributed by atoms with E-state index in [4.69, 9.17) is 9.47 Å². The maximum atomic E-state index is 12.9. The van der Waals surface area contributed by atoms with Crippen molar-refractivity contribution in [3.63, 3.8) is 0 Å². The summed E-state index contributed by atoms with van der Waals surface area (Å²) in [7, 11) is 1.30. The second-order valence-electron chi connectivity index (χ2n) is 12.9. The third kappa shape index (κ3) is 5.48. The van der Waals surface area contributed by atoms with Crippen molar-refractivity contribution in [3.05, 3.63) is 47.5 Å². The van der Waals surface area contributed by atoms with Crippen molar-refractivity contribution in [1.82, 2.24) is 5.32 Å². The van der Waals surface area contributed by atoms with E-state index in [1.165, 1.54) is 12.7 Å². The van der Waals surface area contributed by atoms with Crippen LogP contribution in [0.25, 0.3) is 0 Å². The molecule has 216 valence electrons. The van der Waals surface area contributed by atoms with Crippen LogP contribution in [-0.2, 0) is 35.1 Å². The van der Waals surface area contributed by atoms with Crippen molar-refractivity contribution < 1.29 is 28.7 Å². The zero-order valence-electron chi connectivity index (χ0n) is 24.1. The van der Waals surface area contributed by atoms with Crippen LogP contribution in [0.2, 0.25) is 0 Å². The molecule has 0 bridgehead atoms. The summed E-state index contributed by atoms with van der Waals surface area (Å²) in [4.78, 5) is 49.9. The molecule has 0 aliphatic heterocycles. The van der Waals surface area contributed by atoms with E-state index >= 15 is 0 Å². The molecule has 0 heterocycles. The van der Waals surface area contributed by atoms with E-state index in [9.17, 15) is 19.2 Å². The molecule has 7 heteroatoms. The summed E-state index contributed by atoms with van der Waals surface area (Å²) in [5.41, 5.74) is 2.36. The number of ketones is 1. The van der Waals surface area contributed by atoms with Crippen LogP contribution in [0, 0.1) is 28.6 Å². The second-order valence-corrected chi connectivity index (χ2v) is 12.9. The molecular weight excluding hydrogens is 506 g/mol. The third-order valence-electron chi connectivity index (χ3n) is 10.8. The second kappa shape index (κ2) is 11.5. The lowest BCUT2D eigenvalue weighted by Gasteiger charge is -2.57. The van der Waals surface area contributed by atoms with Crippen LogP contribution in [0.3, 0.4) is 0 Å². The zero-order chi connectivity index (χ0) is 28.5. The van der Waals surface area contributed by atoms with E-state index in [0.717, 1.165) is 50.5 Å². The minimum absolute atomic E-state index is 0.0192. The summed E-state index contributed by atoms with van der Waals surface area (Å²) in [5.74, 6) is 0.753. The number of nitrogens with one attached hydrogen (secondary N) is 1. The van der Waals surface area contributed by atoms with E-state index in [-0.39, 0.29) is 47.4 Å². The van der Waals surface area contributed by atoms with Crippen molar-refractivity contribution in [2.45, 2.75) is 96.6 Å². The highest BCUT2D eigenvalue weighted by Gasteiger charge is 2.60. The molecule has 4 aliphatic rings. The average molecular weight is 550 g/mol. The SMILES string of the molecule is COC(=O)[C@H](Cc1ccccc1)NC(=O)CCC(=O)O[C@H]1CC[C@H]2[C@@H]3CCC4=CC(=O)CC[C@]4(C)[C@@H]3CC[C@]12C. The number of ether oxygens (including phenoxy) is 2. The van der Waals surface area contributed by atoms with Crippen molar-refractivity contribution in [2.24, 2.45) is 28.6 Å². The fraction of sp³-hybridized carbons (Fsp3) is 0.636. The lowest BCUT2D eigenvalue weighted by Crippen LogP contribution is -2.51. The van der Waals surface area contributed by atoms with Gasteiger partial charge in [-0.25, -0.2) is 4.79 Å². The molecule has 0 spiro atoms. The van der Waals surface area contributed by atoms with Crippen molar-refractivity contribution in [2.75, 3.05) is 7.11 Å². The van der Waals surface area contributed by atoms with Crippen LogP contribution >= 0.6 is 0 Å². The molecule has 5 rings (SSSR count). The molecule has 1 amide bonds. The normalized spacial score (nSPS) is 33.5. The Morgan fingerprint density at radius 2 is 1.75 bits per heavy atom. The predicted octanol–water partition coefficient (Wildman–Crippen LogP) is 5.11. The van der Waals surface area contributed by atoms with Crippen LogP contribution in [0.15, 0.2) is 42.0 Å². The van der Waals surface area contributed by atoms with Gasteiger partial charge >= 0.3 is 11.9 Å². The van der Waals surface area contributed by atoms with Crippen molar-refractivity contribution in [1.29, 1.82) is 0 Å². The molecule has 3 fully saturated rings. The van der Waals surface area contributed by atoms with Gasteiger partial charge < -0.3 is 14.8 Å². The molecule has 7 atom stereocenters. The topological polar surface area (TPSA) is 98.8 Å². The zero-order valence-corrected chi connectivity index (χ0v) is 24.1. The Kier molecular flexibility index (Phi) is 8.21. The van der Waals surface area contributed by atoms with Crippen LogP contribution < -0.4 is 5.32 Å². The molecule has 0 unspecified atom stereocenters. The first kappa shape index (κ1) is 28.6. The quantitative estimate of drug-likeness (QED) is 0.453. The smallest absolute Gasteiger partial charge is 0.328 e. The summed E-state index contributed by atoms with van der Waals surface area (Å²) in [6.45, 7) is 4.68. The van der Waals surface area contributed by atoms with E-state index < -0.39 is 12.0 Å². The van der Waals surface area contributed by atoms with Crippen LogP contribution in [-0.4, -0.2) is 42.9 Å².